The number of aryl methyl sites for hydroxylation is 1. The van der Waals surface area contributed by atoms with Gasteiger partial charge in [-0.15, -0.1) is 11.3 Å². The van der Waals surface area contributed by atoms with Crippen molar-refractivity contribution in [1.82, 2.24) is 20.6 Å². The lowest BCUT2D eigenvalue weighted by Gasteiger charge is -2.08. The number of carbonyl (C=O) groups excluding carboxylic acids is 2. The van der Waals surface area contributed by atoms with Crippen molar-refractivity contribution in [2.45, 2.75) is 51.6 Å². The van der Waals surface area contributed by atoms with Crippen LogP contribution < -0.4 is 21.7 Å². The lowest BCUT2D eigenvalue weighted by Crippen LogP contribution is -2.28. The minimum Gasteiger partial charge on any atom is -0.384 e. The standard InChI is InChI=1S/C24H28N6O2S/c1-2-3-4-19-21(22(31)28-17-10-11-17)33-23(30-19)16-6-8-18(9-7-16)29-24(32)27-14-15-5-12-20(25)26-13-15/h5-9,12-13,17H,2-4,10-11,14H2,1H3,(H2,25,26)(H,28,31)(H2,27,29,32). The maximum absolute atomic E-state index is 12.7. The highest BCUT2D eigenvalue weighted by Crippen LogP contribution is 2.31. The zero-order chi connectivity index (χ0) is 23.2. The van der Waals surface area contributed by atoms with Gasteiger partial charge in [-0.2, -0.15) is 0 Å². The van der Waals surface area contributed by atoms with Crippen LogP contribution in [0.1, 0.15) is 53.5 Å². The third-order valence-corrected chi connectivity index (χ3v) is 6.42. The van der Waals surface area contributed by atoms with Crippen LogP contribution in [0.3, 0.4) is 0 Å². The molecule has 1 fully saturated rings. The number of thiazole rings is 1. The second-order valence-corrected chi connectivity index (χ2v) is 9.12. The molecule has 2 aromatic heterocycles. The summed E-state index contributed by atoms with van der Waals surface area (Å²) >= 11 is 1.43. The van der Waals surface area contributed by atoms with Crippen molar-refractivity contribution in [3.8, 4) is 10.6 Å². The Bertz CT molecular complexity index is 1110. The fraction of sp³-hybridized carbons (Fsp3) is 0.333. The van der Waals surface area contributed by atoms with Gasteiger partial charge in [0.05, 0.1) is 5.69 Å². The Hall–Kier alpha value is -3.46. The third-order valence-electron chi connectivity index (χ3n) is 5.27. The van der Waals surface area contributed by atoms with Gasteiger partial charge in [0, 0.05) is 30.0 Å². The van der Waals surface area contributed by atoms with Crippen LogP contribution in [0.5, 0.6) is 0 Å². The summed E-state index contributed by atoms with van der Waals surface area (Å²) in [4.78, 5) is 34.4. The average Bonchev–Trinajstić information content (AvgIpc) is 3.53. The minimum atomic E-state index is -0.310. The third kappa shape index (κ3) is 6.29. The number of nitrogen functional groups attached to an aromatic ring is 1. The fourth-order valence-corrected chi connectivity index (χ4v) is 4.26. The number of anilines is 2. The molecule has 0 spiro atoms. The second kappa shape index (κ2) is 10.4. The number of rotatable bonds is 9. The Morgan fingerprint density at radius 1 is 1.15 bits per heavy atom. The van der Waals surface area contributed by atoms with E-state index in [9.17, 15) is 9.59 Å². The van der Waals surface area contributed by atoms with Crippen molar-refractivity contribution >= 4 is 34.8 Å². The maximum Gasteiger partial charge on any atom is 0.319 e. The molecule has 2 heterocycles. The molecule has 33 heavy (non-hydrogen) atoms. The highest BCUT2D eigenvalue weighted by atomic mass is 32.1. The Balaban J connectivity index is 1.39. The van der Waals surface area contributed by atoms with Crippen LogP contribution in [0.4, 0.5) is 16.3 Å². The fourth-order valence-electron chi connectivity index (χ4n) is 3.24. The van der Waals surface area contributed by atoms with Crippen LogP contribution in [0.15, 0.2) is 42.6 Å². The molecular weight excluding hydrogens is 436 g/mol. The van der Waals surface area contributed by atoms with Gasteiger partial charge in [0.25, 0.3) is 5.91 Å². The number of nitrogens with zero attached hydrogens (tertiary/aromatic N) is 2. The molecule has 5 N–H and O–H groups in total. The largest absolute Gasteiger partial charge is 0.384 e. The predicted molar refractivity (Wildman–Crippen MR) is 131 cm³/mol. The number of nitrogens with one attached hydrogen (secondary N) is 3. The summed E-state index contributed by atoms with van der Waals surface area (Å²) in [5.74, 6) is 0.426. The van der Waals surface area contributed by atoms with E-state index in [4.69, 9.17) is 10.7 Å². The molecule has 1 saturated carbocycles. The molecular formula is C24H28N6O2S. The first-order valence-electron chi connectivity index (χ1n) is 11.2. The number of hydrogen-bond acceptors (Lipinski definition) is 6. The highest BCUT2D eigenvalue weighted by molar-refractivity contribution is 7.17. The number of benzene rings is 1. The smallest absolute Gasteiger partial charge is 0.319 e. The molecule has 0 atom stereocenters. The monoisotopic (exact) mass is 464 g/mol. The van der Waals surface area contributed by atoms with Gasteiger partial charge in [-0.1, -0.05) is 19.4 Å². The molecule has 0 aliphatic heterocycles. The molecule has 3 aromatic rings. The van der Waals surface area contributed by atoms with E-state index in [1.165, 1.54) is 11.3 Å². The molecule has 0 saturated heterocycles. The van der Waals surface area contributed by atoms with E-state index in [1.54, 1.807) is 12.3 Å². The molecule has 8 nitrogen and oxygen atoms in total. The van der Waals surface area contributed by atoms with Crippen LogP contribution in [-0.4, -0.2) is 27.9 Å². The van der Waals surface area contributed by atoms with E-state index in [0.717, 1.165) is 53.9 Å². The summed E-state index contributed by atoms with van der Waals surface area (Å²) in [6.45, 7) is 2.48. The Morgan fingerprint density at radius 3 is 2.61 bits per heavy atom. The summed E-state index contributed by atoms with van der Waals surface area (Å²) in [6, 6.07) is 11.0. The van der Waals surface area contributed by atoms with Gasteiger partial charge in [-0.05, 0) is 61.6 Å². The molecule has 3 amide bonds. The van der Waals surface area contributed by atoms with Crippen LogP contribution in [0.25, 0.3) is 10.6 Å². The quantitative estimate of drug-likeness (QED) is 0.375. The molecule has 1 aliphatic rings. The second-order valence-electron chi connectivity index (χ2n) is 8.12. The van der Waals surface area contributed by atoms with E-state index < -0.39 is 0 Å². The van der Waals surface area contributed by atoms with E-state index in [1.807, 2.05) is 30.3 Å². The number of nitrogens with two attached hydrogens (primary N) is 1. The topological polar surface area (TPSA) is 122 Å². The first-order chi connectivity index (χ1) is 16.0. The lowest BCUT2D eigenvalue weighted by atomic mass is 10.1. The minimum absolute atomic E-state index is 0.0152. The van der Waals surface area contributed by atoms with Crippen LogP contribution in [0, 0.1) is 0 Å². The van der Waals surface area contributed by atoms with Gasteiger partial charge in [0.1, 0.15) is 15.7 Å². The van der Waals surface area contributed by atoms with Crippen LogP contribution >= 0.6 is 11.3 Å². The molecule has 0 unspecified atom stereocenters. The van der Waals surface area contributed by atoms with E-state index in [0.29, 0.717) is 29.0 Å². The Labute approximate surface area is 197 Å². The van der Waals surface area contributed by atoms with E-state index in [2.05, 4.69) is 27.9 Å². The van der Waals surface area contributed by atoms with Crippen molar-refractivity contribution in [3.63, 3.8) is 0 Å². The molecule has 4 rings (SSSR count). The van der Waals surface area contributed by atoms with Gasteiger partial charge in [-0.25, -0.2) is 14.8 Å². The zero-order valence-electron chi connectivity index (χ0n) is 18.6. The normalized spacial score (nSPS) is 12.9. The first kappa shape index (κ1) is 22.7. The lowest BCUT2D eigenvalue weighted by molar-refractivity contribution is 0.0954. The molecule has 1 aliphatic carbocycles. The molecule has 0 bridgehead atoms. The number of unbranched alkanes of at least 4 members (excludes halogenated alkanes) is 1. The van der Waals surface area contributed by atoms with Crippen molar-refractivity contribution in [2.24, 2.45) is 0 Å². The van der Waals surface area contributed by atoms with Gasteiger partial charge >= 0.3 is 6.03 Å². The van der Waals surface area contributed by atoms with E-state index in [-0.39, 0.29) is 11.9 Å². The Morgan fingerprint density at radius 2 is 1.94 bits per heavy atom. The number of pyridine rings is 1. The average molecular weight is 465 g/mol. The van der Waals surface area contributed by atoms with Crippen molar-refractivity contribution in [1.29, 1.82) is 0 Å². The van der Waals surface area contributed by atoms with Gasteiger partial charge in [-0.3, -0.25) is 4.79 Å². The number of urea groups is 1. The zero-order valence-corrected chi connectivity index (χ0v) is 19.4. The van der Waals surface area contributed by atoms with Gasteiger partial charge < -0.3 is 21.7 Å². The SMILES string of the molecule is CCCCc1nc(-c2ccc(NC(=O)NCc3ccc(N)nc3)cc2)sc1C(=O)NC1CC1. The summed E-state index contributed by atoms with van der Waals surface area (Å²) in [6.07, 6.45) is 6.59. The number of amides is 3. The summed E-state index contributed by atoms with van der Waals surface area (Å²) in [5, 5.41) is 9.50. The van der Waals surface area contributed by atoms with Crippen LogP contribution in [0.2, 0.25) is 0 Å². The van der Waals surface area contributed by atoms with Gasteiger partial charge in [0.15, 0.2) is 0 Å². The Kier molecular flexibility index (Phi) is 7.19. The summed E-state index contributed by atoms with van der Waals surface area (Å²) in [7, 11) is 0. The van der Waals surface area contributed by atoms with Crippen molar-refractivity contribution < 1.29 is 9.59 Å². The predicted octanol–water partition coefficient (Wildman–Crippen LogP) is 4.34. The van der Waals surface area contributed by atoms with Crippen molar-refractivity contribution in [3.05, 3.63) is 58.7 Å². The molecule has 172 valence electrons. The molecule has 9 heteroatoms. The molecule has 0 radical (unpaired) electrons. The first-order valence-corrected chi connectivity index (χ1v) is 12.0. The number of aromatic nitrogens is 2. The highest BCUT2D eigenvalue weighted by Gasteiger charge is 2.26. The summed E-state index contributed by atoms with van der Waals surface area (Å²) in [5.41, 5.74) is 8.89. The molecule has 1 aromatic carbocycles. The van der Waals surface area contributed by atoms with Crippen molar-refractivity contribution in [2.75, 3.05) is 11.1 Å². The van der Waals surface area contributed by atoms with Crippen LogP contribution in [-0.2, 0) is 13.0 Å². The van der Waals surface area contributed by atoms with Gasteiger partial charge in [0.2, 0.25) is 0 Å². The summed E-state index contributed by atoms with van der Waals surface area (Å²) < 4.78 is 0. The van der Waals surface area contributed by atoms with E-state index >= 15 is 0 Å². The number of carbonyl (C=O) groups is 2. The maximum atomic E-state index is 12.7. The number of hydrogen-bond donors (Lipinski definition) is 4.